The second kappa shape index (κ2) is 10.00. The number of amides is 1. The Labute approximate surface area is 146 Å². The Bertz CT molecular complexity index is 799. The molecule has 25 heavy (non-hydrogen) atoms. The molecule has 2 aromatic carbocycles. The van der Waals surface area contributed by atoms with E-state index in [4.69, 9.17) is 9.53 Å². The number of benzene rings is 2. The lowest BCUT2D eigenvalue weighted by atomic mass is 10.2. The molecule has 0 aliphatic carbocycles. The molecule has 1 amide bonds. The lowest BCUT2D eigenvalue weighted by Crippen LogP contribution is -2.09. The summed E-state index contributed by atoms with van der Waals surface area (Å²) < 4.78 is 5.70. The smallest absolute Gasteiger partial charge is 0.204 e. The molecule has 0 aliphatic heterocycles. The van der Waals surface area contributed by atoms with Crippen molar-refractivity contribution in [1.29, 1.82) is 0 Å². The number of primary amides is 1. The van der Waals surface area contributed by atoms with E-state index in [2.05, 4.69) is 39.8 Å². The quantitative estimate of drug-likeness (QED) is 0.534. The van der Waals surface area contributed by atoms with E-state index in [0.29, 0.717) is 13.2 Å². The topological polar surface area (TPSA) is 93.4 Å². The molecule has 1 atom stereocenters. The second-order valence-electron chi connectivity index (χ2n) is 5.44. The average molecular weight is 338 g/mol. The average Bonchev–Trinajstić information content (AvgIpc) is 3.09. The summed E-state index contributed by atoms with van der Waals surface area (Å²) in [5, 5.41) is 0. The molecule has 0 saturated carbocycles. The van der Waals surface area contributed by atoms with Gasteiger partial charge in [0.2, 0.25) is 6.41 Å². The van der Waals surface area contributed by atoms with Crippen molar-refractivity contribution in [1.82, 2.24) is 9.97 Å². The fourth-order valence-electron chi connectivity index (χ4n) is 2.21. The number of nitrogens with zero attached hydrogens (tertiary/aromatic N) is 2. The molecule has 0 radical (unpaired) electrons. The van der Waals surface area contributed by atoms with Crippen LogP contribution < -0.4 is 5.73 Å². The zero-order chi connectivity index (χ0) is 17.9. The summed E-state index contributed by atoms with van der Waals surface area (Å²) in [6.45, 7) is 3.29. The van der Waals surface area contributed by atoms with Crippen LogP contribution in [0.3, 0.4) is 0 Å². The van der Waals surface area contributed by atoms with Gasteiger partial charge in [-0.25, -0.2) is 4.98 Å². The van der Waals surface area contributed by atoms with E-state index in [1.54, 1.807) is 6.33 Å². The van der Waals surface area contributed by atoms with Crippen molar-refractivity contribution < 1.29 is 9.53 Å². The van der Waals surface area contributed by atoms with Gasteiger partial charge in [0.05, 0.1) is 36.6 Å². The number of nitrogens with one attached hydrogen (secondary N) is 1. The number of carbonyl (C=O) groups is 1. The fraction of sp³-hybridized carbons (Fsp3) is 0.211. The first-order valence-corrected chi connectivity index (χ1v) is 7.96. The van der Waals surface area contributed by atoms with Crippen LogP contribution in [0.2, 0.25) is 0 Å². The molecule has 1 unspecified atom stereocenters. The van der Waals surface area contributed by atoms with E-state index >= 15 is 0 Å². The molecule has 0 bridgehead atoms. The first-order valence-electron chi connectivity index (χ1n) is 7.96. The van der Waals surface area contributed by atoms with Crippen molar-refractivity contribution in [2.75, 3.05) is 6.61 Å². The maximum Gasteiger partial charge on any atom is 0.204 e. The van der Waals surface area contributed by atoms with Gasteiger partial charge in [-0.3, -0.25) is 9.79 Å². The third-order valence-corrected chi connectivity index (χ3v) is 3.39. The highest BCUT2D eigenvalue weighted by molar-refractivity contribution is 5.86. The van der Waals surface area contributed by atoms with Gasteiger partial charge in [0, 0.05) is 6.21 Å². The van der Waals surface area contributed by atoms with E-state index in [1.807, 2.05) is 42.6 Å². The van der Waals surface area contributed by atoms with Gasteiger partial charge in [-0.05, 0) is 30.2 Å². The van der Waals surface area contributed by atoms with Gasteiger partial charge in [0.25, 0.3) is 0 Å². The molecule has 130 valence electrons. The molecule has 6 nitrogen and oxygen atoms in total. The van der Waals surface area contributed by atoms with E-state index in [0.717, 1.165) is 16.6 Å². The van der Waals surface area contributed by atoms with E-state index in [-0.39, 0.29) is 12.5 Å². The molecule has 3 N–H and O–H groups in total. The van der Waals surface area contributed by atoms with Gasteiger partial charge in [-0.1, -0.05) is 36.4 Å². The number of aliphatic imine (C=N–C) groups is 1. The molecule has 1 heterocycles. The molecule has 6 heteroatoms. The van der Waals surface area contributed by atoms with Crippen LogP contribution in [0, 0.1) is 0 Å². The van der Waals surface area contributed by atoms with Crippen molar-refractivity contribution in [3.8, 4) is 0 Å². The molecule has 1 aromatic heterocycles. The third-order valence-electron chi connectivity index (χ3n) is 3.39. The zero-order valence-electron chi connectivity index (χ0n) is 14.1. The first-order chi connectivity index (χ1) is 12.2. The second-order valence-corrected chi connectivity index (χ2v) is 5.44. The predicted molar refractivity (Wildman–Crippen MR) is 99.5 cm³/mol. The number of aromatic nitrogens is 2. The first kappa shape index (κ1) is 18.4. The van der Waals surface area contributed by atoms with E-state index in [1.165, 1.54) is 5.56 Å². The highest BCUT2D eigenvalue weighted by Gasteiger charge is 2.00. The largest absolute Gasteiger partial charge is 0.375 e. The number of fused-ring (bicyclic) bond motifs is 1. The van der Waals surface area contributed by atoms with Gasteiger partial charge >= 0.3 is 0 Å². The summed E-state index contributed by atoms with van der Waals surface area (Å²) in [4.78, 5) is 20.4. The third kappa shape index (κ3) is 6.19. The molecule has 0 saturated heterocycles. The number of aromatic amines is 1. The minimum absolute atomic E-state index is 0.126. The molecule has 0 aliphatic rings. The molecule has 3 aromatic rings. The summed E-state index contributed by atoms with van der Waals surface area (Å²) in [6, 6.07) is 16.4. The molecular formula is C19H22N4O2. The van der Waals surface area contributed by atoms with Crippen molar-refractivity contribution in [3.05, 3.63) is 66.0 Å². The van der Waals surface area contributed by atoms with Crippen LogP contribution in [0.15, 0.2) is 59.9 Å². The summed E-state index contributed by atoms with van der Waals surface area (Å²) in [7, 11) is 0. The Morgan fingerprint density at radius 2 is 2.04 bits per heavy atom. The maximum atomic E-state index is 8.58. The van der Waals surface area contributed by atoms with Crippen LogP contribution in [0.4, 0.5) is 0 Å². The molecule has 0 spiro atoms. The van der Waals surface area contributed by atoms with Crippen LogP contribution >= 0.6 is 0 Å². The number of carbonyl (C=O) groups excluding carboxylic acids is 1. The van der Waals surface area contributed by atoms with Crippen LogP contribution in [0.25, 0.3) is 11.0 Å². The summed E-state index contributed by atoms with van der Waals surface area (Å²) in [6.07, 6.45) is 3.84. The highest BCUT2D eigenvalue weighted by atomic mass is 16.5. The number of nitrogens with two attached hydrogens (primary N) is 1. The van der Waals surface area contributed by atoms with Gasteiger partial charge in [0.15, 0.2) is 0 Å². The van der Waals surface area contributed by atoms with Crippen molar-refractivity contribution in [2.24, 2.45) is 10.7 Å². The van der Waals surface area contributed by atoms with Crippen LogP contribution in [0.1, 0.15) is 18.1 Å². The highest BCUT2D eigenvalue weighted by Crippen LogP contribution is 2.10. The van der Waals surface area contributed by atoms with Gasteiger partial charge in [-0.15, -0.1) is 0 Å². The Balaban J connectivity index is 0.000000701. The van der Waals surface area contributed by atoms with Crippen molar-refractivity contribution >= 4 is 23.7 Å². The molecule has 3 rings (SSSR count). The number of imidazole rings is 1. The monoisotopic (exact) mass is 338 g/mol. The number of hydrogen-bond donors (Lipinski definition) is 2. The number of hydrogen-bond acceptors (Lipinski definition) is 4. The predicted octanol–water partition coefficient (Wildman–Crippen LogP) is 2.69. The lowest BCUT2D eigenvalue weighted by molar-refractivity contribution is -0.106. The van der Waals surface area contributed by atoms with Gasteiger partial charge in [0.1, 0.15) is 0 Å². The standard InChI is InChI=1S/C18H19N3O.CH3NO/c1-14(11-22-12-15-5-3-2-4-6-15)19-10-16-7-8-17-18(9-16)21-13-20-17;2-1-3/h2-10,13-14H,11-12H2,1H3,(H,20,21);1H,(H2,2,3). The Morgan fingerprint density at radius 3 is 2.80 bits per heavy atom. The summed E-state index contributed by atoms with van der Waals surface area (Å²) in [5.41, 5.74) is 8.41. The summed E-state index contributed by atoms with van der Waals surface area (Å²) in [5.74, 6) is 0. The maximum absolute atomic E-state index is 8.58. The number of ether oxygens (including phenoxy) is 1. The molecular weight excluding hydrogens is 316 g/mol. The Morgan fingerprint density at radius 1 is 1.28 bits per heavy atom. The normalized spacial score (nSPS) is 11.9. The Kier molecular flexibility index (Phi) is 7.34. The number of H-pyrrole nitrogens is 1. The fourth-order valence-corrected chi connectivity index (χ4v) is 2.21. The van der Waals surface area contributed by atoms with E-state index < -0.39 is 0 Å². The van der Waals surface area contributed by atoms with Gasteiger partial charge < -0.3 is 15.5 Å². The van der Waals surface area contributed by atoms with Crippen molar-refractivity contribution in [2.45, 2.75) is 19.6 Å². The lowest BCUT2D eigenvalue weighted by Gasteiger charge is -2.07. The van der Waals surface area contributed by atoms with Crippen LogP contribution in [-0.4, -0.2) is 35.2 Å². The van der Waals surface area contributed by atoms with Crippen LogP contribution in [0.5, 0.6) is 0 Å². The minimum Gasteiger partial charge on any atom is -0.375 e. The SMILES string of the molecule is CC(COCc1ccccc1)N=Cc1ccc2nc[nH]c2c1.NC=O. The van der Waals surface area contributed by atoms with Crippen molar-refractivity contribution in [3.63, 3.8) is 0 Å². The van der Waals surface area contributed by atoms with Crippen LogP contribution in [-0.2, 0) is 16.1 Å². The zero-order valence-corrected chi connectivity index (χ0v) is 14.1. The molecule has 0 fully saturated rings. The Hall–Kier alpha value is -2.99. The summed E-state index contributed by atoms with van der Waals surface area (Å²) >= 11 is 0. The van der Waals surface area contributed by atoms with Gasteiger partial charge in [-0.2, -0.15) is 0 Å². The minimum atomic E-state index is 0.126. The number of rotatable bonds is 6. The van der Waals surface area contributed by atoms with E-state index in [9.17, 15) is 0 Å².